The highest BCUT2D eigenvalue weighted by atomic mass is 16.5. The molecule has 0 aromatic carbocycles. The van der Waals surface area contributed by atoms with E-state index in [1.807, 2.05) is 0 Å². The van der Waals surface area contributed by atoms with E-state index in [0.29, 0.717) is 23.9 Å². The summed E-state index contributed by atoms with van der Waals surface area (Å²) in [6.07, 6.45) is 1.09. The standard InChI is InChI=1S/C8H15N5O/c1-5(6-2-3-14-4-6)10-8-11-7(9)12-13-8/h5-6H,2-4H2,1H3,(H4,9,10,11,12,13). The second kappa shape index (κ2) is 3.83. The maximum absolute atomic E-state index is 5.41. The largest absolute Gasteiger partial charge is 0.381 e. The Morgan fingerprint density at radius 3 is 3.14 bits per heavy atom. The van der Waals surface area contributed by atoms with E-state index in [-0.39, 0.29) is 0 Å². The average Bonchev–Trinajstić information content (AvgIpc) is 2.75. The molecule has 2 unspecified atom stereocenters. The quantitative estimate of drug-likeness (QED) is 0.645. The number of rotatable bonds is 3. The van der Waals surface area contributed by atoms with Crippen LogP contribution in [0.1, 0.15) is 13.3 Å². The minimum absolute atomic E-state index is 0.313. The molecule has 1 fully saturated rings. The maximum atomic E-state index is 5.41. The van der Waals surface area contributed by atoms with Crippen LogP contribution in [0.3, 0.4) is 0 Å². The molecule has 0 aliphatic carbocycles. The van der Waals surface area contributed by atoms with Gasteiger partial charge in [-0.3, -0.25) is 0 Å². The second-order valence-corrected chi connectivity index (χ2v) is 3.60. The van der Waals surface area contributed by atoms with E-state index in [2.05, 4.69) is 27.4 Å². The van der Waals surface area contributed by atoms with Crippen molar-refractivity contribution in [1.29, 1.82) is 0 Å². The third-order valence-electron chi connectivity index (χ3n) is 2.53. The lowest BCUT2D eigenvalue weighted by Crippen LogP contribution is -2.26. The molecule has 14 heavy (non-hydrogen) atoms. The lowest BCUT2D eigenvalue weighted by Gasteiger charge is -2.17. The molecule has 1 saturated heterocycles. The van der Waals surface area contributed by atoms with Gasteiger partial charge in [0.15, 0.2) is 0 Å². The van der Waals surface area contributed by atoms with Gasteiger partial charge < -0.3 is 15.8 Å². The van der Waals surface area contributed by atoms with Crippen LogP contribution in [0.15, 0.2) is 0 Å². The van der Waals surface area contributed by atoms with Gasteiger partial charge in [-0.1, -0.05) is 0 Å². The summed E-state index contributed by atoms with van der Waals surface area (Å²) in [6, 6.07) is 0.313. The number of ether oxygens (including phenoxy) is 1. The number of nitrogens with two attached hydrogens (primary N) is 1. The molecule has 4 N–H and O–H groups in total. The summed E-state index contributed by atoms with van der Waals surface area (Å²) in [5, 5.41) is 9.69. The highest BCUT2D eigenvalue weighted by molar-refractivity contribution is 5.30. The van der Waals surface area contributed by atoms with Crippen molar-refractivity contribution in [2.45, 2.75) is 19.4 Å². The molecule has 0 spiro atoms. The van der Waals surface area contributed by atoms with E-state index in [1.165, 1.54) is 0 Å². The molecule has 0 amide bonds. The third-order valence-corrected chi connectivity index (χ3v) is 2.53. The molecular weight excluding hydrogens is 182 g/mol. The summed E-state index contributed by atoms with van der Waals surface area (Å²) in [7, 11) is 0. The molecule has 0 radical (unpaired) electrons. The van der Waals surface area contributed by atoms with Gasteiger partial charge >= 0.3 is 0 Å². The molecule has 1 aliphatic heterocycles. The Morgan fingerprint density at radius 2 is 2.57 bits per heavy atom. The van der Waals surface area contributed by atoms with E-state index < -0.39 is 0 Å². The number of nitrogens with zero attached hydrogens (tertiary/aromatic N) is 2. The monoisotopic (exact) mass is 197 g/mol. The predicted octanol–water partition coefficient (Wildman–Crippen LogP) is 0.224. The van der Waals surface area contributed by atoms with Crippen LogP contribution >= 0.6 is 0 Å². The third kappa shape index (κ3) is 1.95. The zero-order valence-corrected chi connectivity index (χ0v) is 8.16. The number of nitrogen functional groups attached to an aromatic ring is 1. The smallest absolute Gasteiger partial charge is 0.243 e. The van der Waals surface area contributed by atoms with Gasteiger partial charge in [-0.2, -0.15) is 4.98 Å². The molecule has 2 heterocycles. The van der Waals surface area contributed by atoms with Crippen LogP contribution in [0.4, 0.5) is 11.9 Å². The molecule has 2 rings (SSSR count). The second-order valence-electron chi connectivity index (χ2n) is 3.60. The van der Waals surface area contributed by atoms with E-state index in [1.54, 1.807) is 0 Å². The van der Waals surface area contributed by atoms with E-state index in [0.717, 1.165) is 19.6 Å². The Balaban J connectivity index is 1.90. The zero-order chi connectivity index (χ0) is 9.97. The molecule has 1 aromatic heterocycles. The van der Waals surface area contributed by atoms with Crippen LogP contribution in [-0.4, -0.2) is 34.4 Å². The number of aromatic nitrogens is 3. The van der Waals surface area contributed by atoms with Crippen LogP contribution in [0, 0.1) is 5.92 Å². The Kier molecular flexibility index (Phi) is 2.53. The van der Waals surface area contributed by atoms with Crippen molar-refractivity contribution in [3.8, 4) is 0 Å². The number of hydrogen-bond donors (Lipinski definition) is 3. The SMILES string of the molecule is CC(Nc1n[nH]c(N)n1)C1CCOC1. The van der Waals surface area contributed by atoms with Crippen molar-refractivity contribution in [2.75, 3.05) is 24.3 Å². The number of hydrogen-bond acceptors (Lipinski definition) is 5. The Bertz CT molecular complexity index is 294. The van der Waals surface area contributed by atoms with E-state index in [4.69, 9.17) is 10.5 Å². The molecule has 2 atom stereocenters. The van der Waals surface area contributed by atoms with Crippen molar-refractivity contribution in [1.82, 2.24) is 15.2 Å². The number of H-pyrrole nitrogens is 1. The summed E-state index contributed by atoms with van der Waals surface area (Å²) < 4.78 is 5.31. The molecule has 0 bridgehead atoms. The molecule has 1 aliphatic rings. The molecule has 0 saturated carbocycles. The first kappa shape index (κ1) is 9.26. The van der Waals surface area contributed by atoms with Crippen LogP contribution in [0.5, 0.6) is 0 Å². The molecule has 1 aromatic rings. The topological polar surface area (TPSA) is 88.9 Å². The van der Waals surface area contributed by atoms with Gasteiger partial charge in [-0.15, -0.1) is 5.10 Å². The van der Waals surface area contributed by atoms with Crippen molar-refractivity contribution < 1.29 is 4.74 Å². The minimum atomic E-state index is 0.313. The summed E-state index contributed by atoms with van der Waals surface area (Å²) >= 11 is 0. The summed E-state index contributed by atoms with van der Waals surface area (Å²) in [4.78, 5) is 3.98. The summed E-state index contributed by atoms with van der Waals surface area (Å²) in [5.41, 5.74) is 5.41. The fraction of sp³-hybridized carbons (Fsp3) is 0.750. The van der Waals surface area contributed by atoms with Crippen LogP contribution in [0.25, 0.3) is 0 Å². The van der Waals surface area contributed by atoms with Crippen LogP contribution in [0.2, 0.25) is 0 Å². The fourth-order valence-corrected chi connectivity index (χ4v) is 1.61. The van der Waals surface area contributed by atoms with Gasteiger partial charge in [0, 0.05) is 18.6 Å². The Hall–Kier alpha value is -1.30. The molecule has 6 heteroatoms. The zero-order valence-electron chi connectivity index (χ0n) is 8.16. The lowest BCUT2D eigenvalue weighted by atomic mass is 10.0. The molecule has 78 valence electrons. The van der Waals surface area contributed by atoms with Gasteiger partial charge in [-0.25, -0.2) is 5.10 Å². The molecule has 6 nitrogen and oxygen atoms in total. The highest BCUT2D eigenvalue weighted by Gasteiger charge is 2.22. The normalized spacial score (nSPS) is 23.6. The van der Waals surface area contributed by atoms with E-state index in [9.17, 15) is 0 Å². The van der Waals surface area contributed by atoms with E-state index >= 15 is 0 Å². The van der Waals surface area contributed by atoms with Crippen molar-refractivity contribution in [3.05, 3.63) is 0 Å². The van der Waals surface area contributed by atoms with Gasteiger partial charge in [0.2, 0.25) is 11.9 Å². The number of aromatic amines is 1. The van der Waals surface area contributed by atoms with Gasteiger partial charge in [-0.05, 0) is 13.3 Å². The van der Waals surface area contributed by atoms with Gasteiger partial charge in [0.25, 0.3) is 0 Å². The lowest BCUT2D eigenvalue weighted by molar-refractivity contribution is 0.183. The van der Waals surface area contributed by atoms with Crippen LogP contribution in [-0.2, 0) is 4.74 Å². The summed E-state index contributed by atoms with van der Waals surface area (Å²) in [6.45, 7) is 3.77. The van der Waals surface area contributed by atoms with Crippen molar-refractivity contribution >= 4 is 11.9 Å². The Labute approximate surface area is 82.2 Å². The van der Waals surface area contributed by atoms with Crippen molar-refractivity contribution in [2.24, 2.45) is 5.92 Å². The highest BCUT2D eigenvalue weighted by Crippen LogP contribution is 2.18. The van der Waals surface area contributed by atoms with Crippen molar-refractivity contribution in [3.63, 3.8) is 0 Å². The Morgan fingerprint density at radius 1 is 1.71 bits per heavy atom. The minimum Gasteiger partial charge on any atom is -0.381 e. The number of nitrogens with one attached hydrogen (secondary N) is 2. The summed E-state index contributed by atoms with van der Waals surface area (Å²) in [5.74, 6) is 1.43. The first-order valence-electron chi connectivity index (χ1n) is 4.78. The fourth-order valence-electron chi connectivity index (χ4n) is 1.61. The maximum Gasteiger partial charge on any atom is 0.243 e. The van der Waals surface area contributed by atoms with Crippen LogP contribution < -0.4 is 11.1 Å². The average molecular weight is 197 g/mol. The van der Waals surface area contributed by atoms with Gasteiger partial charge in [0.05, 0.1) is 6.61 Å². The first-order valence-corrected chi connectivity index (χ1v) is 4.78. The first-order chi connectivity index (χ1) is 6.75. The predicted molar refractivity (Wildman–Crippen MR) is 52.8 cm³/mol. The molecular formula is C8H15N5O. The van der Waals surface area contributed by atoms with Gasteiger partial charge in [0.1, 0.15) is 0 Å². The number of anilines is 2.